The summed E-state index contributed by atoms with van der Waals surface area (Å²) in [7, 11) is 0. The van der Waals surface area contributed by atoms with Crippen LogP contribution in [0.1, 0.15) is 79.1 Å². The van der Waals surface area contributed by atoms with Crippen molar-refractivity contribution in [3.8, 4) is 0 Å². The molecule has 5 atom stereocenters. The highest BCUT2D eigenvalue weighted by molar-refractivity contribution is 5.26. The van der Waals surface area contributed by atoms with Crippen molar-refractivity contribution in [3.05, 3.63) is 11.6 Å². The number of fused-ring (bicyclic) bond motifs is 3. The van der Waals surface area contributed by atoms with Crippen molar-refractivity contribution >= 4 is 0 Å². The molecule has 112 valence electrons. The maximum Gasteiger partial charge on any atom is -0.00762 e. The van der Waals surface area contributed by atoms with Gasteiger partial charge in [-0.2, -0.15) is 0 Å². The van der Waals surface area contributed by atoms with Gasteiger partial charge in [0.1, 0.15) is 0 Å². The molecule has 0 heteroatoms. The minimum absolute atomic E-state index is 0.586. The molecular formula is C20H32. The van der Waals surface area contributed by atoms with Gasteiger partial charge in [-0.05, 0) is 85.9 Å². The number of rotatable bonds is 0. The number of allylic oxidation sites excluding steroid dienone is 2. The summed E-state index contributed by atoms with van der Waals surface area (Å²) in [5, 5.41) is 0. The van der Waals surface area contributed by atoms with E-state index in [0.29, 0.717) is 16.2 Å². The quantitative estimate of drug-likeness (QED) is 0.476. The van der Waals surface area contributed by atoms with Crippen LogP contribution in [0.2, 0.25) is 0 Å². The molecule has 1 spiro atoms. The summed E-state index contributed by atoms with van der Waals surface area (Å²) in [6.07, 6.45) is 14.7. The molecule has 4 aliphatic rings. The second-order valence-corrected chi connectivity index (χ2v) is 9.59. The van der Waals surface area contributed by atoms with Gasteiger partial charge in [-0.1, -0.05) is 38.8 Å². The third kappa shape index (κ3) is 1.54. The molecule has 0 aromatic heterocycles. The highest BCUT2D eigenvalue weighted by atomic mass is 14.7. The Labute approximate surface area is 125 Å². The zero-order chi connectivity index (χ0) is 14.2. The van der Waals surface area contributed by atoms with Crippen molar-refractivity contribution in [1.82, 2.24) is 0 Å². The molecule has 2 bridgehead atoms. The standard InChI is InChI=1S/C20H32/c1-14-12-20-11-8-16-18(2,3)9-5-10-19(16,4)17(20)7-6-15(14)13-20/h12,15-17H,5-11,13H2,1-4H3/t15-,16?,17?,19-,20-/m1/s1. The van der Waals surface area contributed by atoms with Crippen LogP contribution in [0.5, 0.6) is 0 Å². The fraction of sp³-hybridized carbons (Fsp3) is 0.900. The van der Waals surface area contributed by atoms with Crippen molar-refractivity contribution in [3.63, 3.8) is 0 Å². The lowest BCUT2D eigenvalue weighted by Gasteiger charge is -2.63. The highest BCUT2D eigenvalue weighted by Crippen LogP contribution is 2.70. The summed E-state index contributed by atoms with van der Waals surface area (Å²) in [6, 6.07) is 0. The molecule has 3 fully saturated rings. The number of hydrogen-bond donors (Lipinski definition) is 0. The van der Waals surface area contributed by atoms with E-state index in [1.807, 2.05) is 0 Å². The summed E-state index contributed by atoms with van der Waals surface area (Å²) in [6.45, 7) is 10.2. The smallest absolute Gasteiger partial charge is 0.00762 e. The van der Waals surface area contributed by atoms with E-state index in [-0.39, 0.29) is 0 Å². The first-order chi connectivity index (χ1) is 9.37. The first-order valence-corrected chi connectivity index (χ1v) is 9.07. The van der Waals surface area contributed by atoms with Gasteiger partial charge in [-0.15, -0.1) is 0 Å². The summed E-state index contributed by atoms with van der Waals surface area (Å²) >= 11 is 0. The predicted molar refractivity (Wildman–Crippen MR) is 85.5 cm³/mol. The van der Waals surface area contributed by atoms with Gasteiger partial charge in [-0.25, -0.2) is 0 Å². The zero-order valence-electron chi connectivity index (χ0n) is 14.0. The van der Waals surface area contributed by atoms with E-state index in [9.17, 15) is 0 Å². The summed E-state index contributed by atoms with van der Waals surface area (Å²) in [5.74, 6) is 2.91. The lowest BCUT2D eigenvalue weighted by atomic mass is 9.41. The Balaban J connectivity index is 1.76. The molecule has 0 heterocycles. The van der Waals surface area contributed by atoms with Crippen molar-refractivity contribution in [2.45, 2.75) is 79.1 Å². The maximum absolute atomic E-state index is 2.76. The Hall–Kier alpha value is -0.260. The van der Waals surface area contributed by atoms with Gasteiger partial charge in [0.05, 0.1) is 0 Å². The first-order valence-electron chi connectivity index (χ1n) is 9.07. The molecule has 0 amide bonds. The van der Waals surface area contributed by atoms with Crippen LogP contribution in [-0.4, -0.2) is 0 Å². The molecule has 2 unspecified atom stereocenters. The van der Waals surface area contributed by atoms with Gasteiger partial charge in [0.25, 0.3) is 0 Å². The Morgan fingerprint density at radius 1 is 0.950 bits per heavy atom. The number of hydrogen-bond acceptors (Lipinski definition) is 0. The molecule has 4 aliphatic carbocycles. The maximum atomic E-state index is 2.76. The fourth-order valence-electron chi connectivity index (χ4n) is 7.53. The Morgan fingerprint density at radius 2 is 1.75 bits per heavy atom. The van der Waals surface area contributed by atoms with Crippen LogP contribution in [0.25, 0.3) is 0 Å². The molecule has 0 radical (unpaired) electrons. The third-order valence-electron chi connectivity index (χ3n) is 8.25. The molecule has 0 aromatic carbocycles. The van der Waals surface area contributed by atoms with Crippen LogP contribution >= 0.6 is 0 Å². The first kappa shape index (κ1) is 13.4. The van der Waals surface area contributed by atoms with Crippen LogP contribution in [0.15, 0.2) is 11.6 Å². The lowest BCUT2D eigenvalue weighted by Crippen LogP contribution is -2.55. The molecule has 20 heavy (non-hydrogen) atoms. The van der Waals surface area contributed by atoms with Gasteiger partial charge in [-0.3, -0.25) is 0 Å². The van der Waals surface area contributed by atoms with Gasteiger partial charge >= 0.3 is 0 Å². The molecule has 0 saturated heterocycles. The van der Waals surface area contributed by atoms with Crippen molar-refractivity contribution in [1.29, 1.82) is 0 Å². The molecule has 4 rings (SSSR count). The highest BCUT2D eigenvalue weighted by Gasteiger charge is 2.61. The third-order valence-corrected chi connectivity index (χ3v) is 8.25. The average molecular weight is 272 g/mol. The van der Waals surface area contributed by atoms with Gasteiger partial charge < -0.3 is 0 Å². The molecular weight excluding hydrogens is 240 g/mol. The zero-order valence-corrected chi connectivity index (χ0v) is 14.0. The van der Waals surface area contributed by atoms with Crippen LogP contribution < -0.4 is 0 Å². The summed E-state index contributed by atoms with van der Waals surface area (Å²) < 4.78 is 0. The van der Waals surface area contributed by atoms with E-state index in [4.69, 9.17) is 0 Å². The molecule has 0 aromatic rings. The minimum atomic E-state index is 0.586. The molecule has 0 aliphatic heterocycles. The van der Waals surface area contributed by atoms with E-state index in [1.165, 1.54) is 51.4 Å². The monoisotopic (exact) mass is 272 g/mol. The largest absolute Gasteiger partial charge is 0.0788 e. The Kier molecular flexibility index (Phi) is 2.63. The second kappa shape index (κ2) is 3.93. The van der Waals surface area contributed by atoms with Crippen LogP contribution in [0.4, 0.5) is 0 Å². The minimum Gasteiger partial charge on any atom is -0.0788 e. The van der Waals surface area contributed by atoms with E-state index >= 15 is 0 Å². The lowest BCUT2D eigenvalue weighted by molar-refractivity contribution is -0.133. The van der Waals surface area contributed by atoms with Gasteiger partial charge in [0.2, 0.25) is 0 Å². The van der Waals surface area contributed by atoms with Gasteiger partial charge in [0, 0.05) is 0 Å². The van der Waals surface area contributed by atoms with E-state index in [0.717, 1.165) is 17.8 Å². The van der Waals surface area contributed by atoms with Crippen molar-refractivity contribution in [2.24, 2.45) is 34.0 Å². The van der Waals surface area contributed by atoms with E-state index < -0.39 is 0 Å². The normalized spacial score (nSPS) is 53.0. The summed E-state index contributed by atoms with van der Waals surface area (Å²) in [5.41, 5.74) is 3.57. The molecule has 0 N–H and O–H groups in total. The van der Waals surface area contributed by atoms with Crippen LogP contribution in [0.3, 0.4) is 0 Å². The SMILES string of the molecule is CC1=C[C@@]23CCC4C(C)(C)CCC[C@@]4(C)C2CC[C@@H]1C3. The average Bonchev–Trinajstić information content (AvgIpc) is 2.58. The van der Waals surface area contributed by atoms with E-state index in [2.05, 4.69) is 33.8 Å². The van der Waals surface area contributed by atoms with Crippen molar-refractivity contribution in [2.75, 3.05) is 0 Å². The van der Waals surface area contributed by atoms with E-state index in [1.54, 1.807) is 5.57 Å². The Morgan fingerprint density at radius 3 is 2.55 bits per heavy atom. The van der Waals surface area contributed by atoms with Crippen LogP contribution in [-0.2, 0) is 0 Å². The fourth-order valence-corrected chi connectivity index (χ4v) is 7.53. The predicted octanol–water partition coefficient (Wildman–Crippen LogP) is 5.98. The summed E-state index contributed by atoms with van der Waals surface area (Å²) in [4.78, 5) is 0. The van der Waals surface area contributed by atoms with Crippen molar-refractivity contribution < 1.29 is 0 Å². The molecule has 3 saturated carbocycles. The van der Waals surface area contributed by atoms with Gasteiger partial charge in [0.15, 0.2) is 0 Å². The second-order valence-electron chi connectivity index (χ2n) is 9.59. The molecule has 0 nitrogen and oxygen atoms in total. The Bertz CT molecular complexity index is 457. The topological polar surface area (TPSA) is 0 Å². The van der Waals surface area contributed by atoms with Crippen LogP contribution in [0, 0.1) is 34.0 Å².